The summed E-state index contributed by atoms with van der Waals surface area (Å²) >= 11 is 5.45. The molecular formula is C27H37N3O9S. The van der Waals surface area contributed by atoms with Crippen LogP contribution in [-0.2, 0) is 6.42 Å². The molecule has 0 saturated carbocycles. The van der Waals surface area contributed by atoms with Crippen LogP contribution in [0.4, 0.5) is 5.69 Å². The lowest BCUT2D eigenvalue weighted by atomic mass is 9.95. The molecule has 8 N–H and O–H groups in total. The zero-order valence-electron chi connectivity index (χ0n) is 22.8. The number of hydrogen-bond acceptors (Lipinski definition) is 11. The van der Waals surface area contributed by atoms with Crippen LogP contribution in [0.15, 0.2) is 29.1 Å². The first-order valence-corrected chi connectivity index (χ1v) is 13.1. The van der Waals surface area contributed by atoms with Crippen molar-refractivity contribution in [3.05, 3.63) is 45.6 Å². The molecule has 2 aromatic carbocycles. The monoisotopic (exact) mass is 579 g/mol. The molecule has 13 heteroatoms. The SMILES string of the molecule is CNc1ccc2c(cc1=O)[C@@H](NC(=S)NC[C@H](O)[C@@H](O)[C@H](O)[C@H](O)CO)CCc1cc(OC)c(OC)c(OC)c1-2. The van der Waals surface area contributed by atoms with E-state index in [0.717, 1.165) is 16.7 Å². The van der Waals surface area contributed by atoms with Gasteiger partial charge in [-0.3, -0.25) is 4.79 Å². The van der Waals surface area contributed by atoms with Gasteiger partial charge in [-0.1, -0.05) is 6.07 Å². The maximum atomic E-state index is 13.1. The second-order valence-corrected chi connectivity index (χ2v) is 9.71. The fourth-order valence-corrected chi connectivity index (χ4v) is 4.98. The van der Waals surface area contributed by atoms with Gasteiger partial charge in [-0.05, 0) is 59.9 Å². The predicted molar refractivity (Wildman–Crippen MR) is 153 cm³/mol. The summed E-state index contributed by atoms with van der Waals surface area (Å²) in [6, 6.07) is 6.51. The number of aliphatic hydroxyl groups excluding tert-OH is 5. The lowest BCUT2D eigenvalue weighted by molar-refractivity contribution is -0.113. The summed E-state index contributed by atoms with van der Waals surface area (Å²) in [6.45, 7) is -1.04. The average Bonchev–Trinajstić information content (AvgIpc) is 3.21. The highest BCUT2D eigenvalue weighted by Crippen LogP contribution is 2.50. The van der Waals surface area contributed by atoms with E-state index in [-0.39, 0.29) is 17.1 Å². The Bertz CT molecular complexity index is 1260. The van der Waals surface area contributed by atoms with Gasteiger partial charge < -0.3 is 55.7 Å². The van der Waals surface area contributed by atoms with E-state index in [4.69, 9.17) is 31.5 Å². The number of hydrogen-bond donors (Lipinski definition) is 8. The van der Waals surface area contributed by atoms with Crippen molar-refractivity contribution in [1.29, 1.82) is 0 Å². The summed E-state index contributed by atoms with van der Waals surface area (Å²) in [4.78, 5) is 13.1. The molecule has 12 nitrogen and oxygen atoms in total. The molecule has 40 heavy (non-hydrogen) atoms. The molecule has 0 aromatic heterocycles. The first-order chi connectivity index (χ1) is 19.1. The predicted octanol–water partition coefficient (Wildman–Crippen LogP) is -0.331. The van der Waals surface area contributed by atoms with Crippen molar-refractivity contribution >= 4 is 23.0 Å². The summed E-state index contributed by atoms with van der Waals surface area (Å²) in [5.74, 6) is 1.39. The molecule has 0 aliphatic heterocycles. The van der Waals surface area contributed by atoms with Crippen LogP contribution in [0.5, 0.6) is 17.2 Å². The Hall–Kier alpha value is -3.20. The van der Waals surface area contributed by atoms with E-state index < -0.39 is 37.1 Å². The number of aliphatic hydroxyl groups is 5. The van der Waals surface area contributed by atoms with Crippen LogP contribution in [0.3, 0.4) is 0 Å². The molecule has 0 radical (unpaired) electrons. The number of aryl methyl sites for hydroxylation is 1. The Morgan fingerprint density at radius 2 is 1.70 bits per heavy atom. The van der Waals surface area contributed by atoms with Gasteiger partial charge in [-0.2, -0.15) is 0 Å². The van der Waals surface area contributed by atoms with Crippen molar-refractivity contribution in [2.45, 2.75) is 43.3 Å². The molecule has 0 spiro atoms. The van der Waals surface area contributed by atoms with E-state index in [9.17, 15) is 25.2 Å². The van der Waals surface area contributed by atoms with Crippen molar-refractivity contribution in [1.82, 2.24) is 10.6 Å². The minimum Gasteiger partial charge on any atom is -0.493 e. The number of rotatable bonds is 11. The maximum absolute atomic E-state index is 13.1. The van der Waals surface area contributed by atoms with Crippen LogP contribution in [0.1, 0.15) is 23.6 Å². The summed E-state index contributed by atoms with van der Waals surface area (Å²) < 4.78 is 17.0. The van der Waals surface area contributed by atoms with Crippen molar-refractivity contribution in [2.75, 3.05) is 46.8 Å². The van der Waals surface area contributed by atoms with Crippen LogP contribution in [0, 0.1) is 0 Å². The molecule has 5 atom stereocenters. The highest BCUT2D eigenvalue weighted by Gasteiger charge is 2.31. The number of benzene rings is 1. The van der Waals surface area contributed by atoms with Gasteiger partial charge >= 0.3 is 0 Å². The first kappa shape index (κ1) is 31.3. The first-order valence-electron chi connectivity index (χ1n) is 12.7. The molecule has 220 valence electrons. The molecule has 1 aliphatic rings. The minimum absolute atomic E-state index is 0.125. The molecule has 0 bridgehead atoms. The fourth-order valence-electron chi connectivity index (χ4n) is 4.76. The van der Waals surface area contributed by atoms with Crippen molar-refractivity contribution < 1.29 is 39.7 Å². The zero-order chi connectivity index (χ0) is 29.6. The second-order valence-electron chi connectivity index (χ2n) is 9.30. The van der Waals surface area contributed by atoms with Crippen LogP contribution < -0.4 is 35.6 Å². The Morgan fingerprint density at radius 3 is 2.30 bits per heavy atom. The second kappa shape index (κ2) is 13.9. The number of fused-ring (bicyclic) bond motifs is 3. The zero-order valence-corrected chi connectivity index (χ0v) is 23.6. The Balaban J connectivity index is 1.98. The molecule has 0 fully saturated rings. The quantitative estimate of drug-likeness (QED) is 0.162. The van der Waals surface area contributed by atoms with Crippen molar-refractivity contribution in [2.24, 2.45) is 0 Å². The van der Waals surface area contributed by atoms with Gasteiger partial charge in [0.05, 0.1) is 45.8 Å². The Morgan fingerprint density at radius 1 is 1.02 bits per heavy atom. The van der Waals surface area contributed by atoms with E-state index in [2.05, 4.69) is 16.0 Å². The van der Waals surface area contributed by atoms with Crippen LogP contribution in [-0.4, -0.2) is 96.6 Å². The number of anilines is 1. The molecule has 0 amide bonds. The average molecular weight is 580 g/mol. The van der Waals surface area contributed by atoms with E-state index in [1.54, 1.807) is 20.2 Å². The number of thiocarbonyl (C=S) groups is 1. The summed E-state index contributed by atoms with van der Waals surface area (Å²) in [5, 5.41) is 57.7. The highest BCUT2D eigenvalue weighted by molar-refractivity contribution is 7.80. The van der Waals surface area contributed by atoms with E-state index >= 15 is 0 Å². The van der Waals surface area contributed by atoms with Gasteiger partial charge in [0.2, 0.25) is 11.2 Å². The van der Waals surface area contributed by atoms with E-state index in [0.29, 0.717) is 41.3 Å². The third kappa shape index (κ3) is 6.57. The third-order valence-corrected chi connectivity index (χ3v) is 7.17. The Labute approximate surface area is 237 Å². The molecule has 0 unspecified atom stereocenters. The van der Waals surface area contributed by atoms with Crippen LogP contribution in [0.25, 0.3) is 11.1 Å². The maximum Gasteiger partial charge on any atom is 0.203 e. The standard InChI is InChI=1S/C27H37N3O9S/c1-28-17-8-6-14-15(10-18(17)32)16(30-27(40)29-11-19(33)23(35)24(36)20(34)12-31)7-5-13-9-21(37-2)25(38-3)26(39-4)22(13)14/h6,8-10,16,19-20,23-24,31,33-36H,5,7,11-12H2,1-4H3,(H,28,32)(H2,29,30,40)/t16-,19-,20+,23+,24+/m0/s1. The van der Waals surface area contributed by atoms with Crippen molar-refractivity contribution in [3.63, 3.8) is 0 Å². The van der Waals surface area contributed by atoms with Gasteiger partial charge in [-0.15, -0.1) is 0 Å². The number of methoxy groups -OCH3 is 3. The Kier molecular flexibility index (Phi) is 10.9. The van der Waals surface area contributed by atoms with E-state index in [1.807, 2.05) is 12.1 Å². The minimum atomic E-state index is -1.75. The highest BCUT2D eigenvalue weighted by atomic mass is 32.1. The molecule has 3 rings (SSSR count). The molecule has 0 heterocycles. The topological polar surface area (TPSA) is 182 Å². The number of ether oxygens (including phenoxy) is 3. The fraction of sp³-hybridized carbons (Fsp3) is 0.481. The summed E-state index contributed by atoms with van der Waals surface area (Å²) in [7, 11) is 6.26. The third-order valence-electron chi connectivity index (χ3n) is 6.91. The molecule has 0 saturated heterocycles. The smallest absolute Gasteiger partial charge is 0.203 e. The van der Waals surface area contributed by atoms with Gasteiger partial charge in [-0.25, -0.2) is 0 Å². The van der Waals surface area contributed by atoms with E-state index in [1.165, 1.54) is 20.3 Å². The molecule has 2 aromatic rings. The largest absolute Gasteiger partial charge is 0.493 e. The summed E-state index contributed by atoms with van der Waals surface area (Å²) in [6.07, 6.45) is -5.52. The van der Waals surface area contributed by atoms with Gasteiger partial charge in [0.15, 0.2) is 16.6 Å². The van der Waals surface area contributed by atoms with Crippen LogP contribution >= 0.6 is 12.2 Å². The van der Waals surface area contributed by atoms with Crippen LogP contribution in [0.2, 0.25) is 0 Å². The summed E-state index contributed by atoms with van der Waals surface area (Å²) in [5.41, 5.74) is 3.22. The van der Waals surface area contributed by atoms with Crippen molar-refractivity contribution in [3.8, 4) is 28.4 Å². The lowest BCUT2D eigenvalue weighted by Gasteiger charge is -2.27. The van der Waals surface area contributed by atoms with Gasteiger partial charge in [0, 0.05) is 19.2 Å². The lowest BCUT2D eigenvalue weighted by Crippen LogP contribution is -2.51. The number of nitrogens with one attached hydrogen (secondary N) is 3. The van der Waals surface area contributed by atoms with Gasteiger partial charge in [0.25, 0.3) is 0 Å². The molecule has 1 aliphatic carbocycles. The van der Waals surface area contributed by atoms with Gasteiger partial charge in [0.1, 0.15) is 18.3 Å². The normalized spacial score (nSPS) is 17.2. The molecular weight excluding hydrogens is 542 g/mol.